The fraction of sp³-hybridized carbons (Fsp3) is 0.269. The number of aliphatic imine (C=N–C) groups is 2. The highest BCUT2D eigenvalue weighted by molar-refractivity contribution is 6.23. The Balaban J connectivity index is 1.76. The van der Waals surface area contributed by atoms with Gasteiger partial charge in [-0.25, -0.2) is 14.7 Å². The van der Waals surface area contributed by atoms with Crippen molar-refractivity contribution in [3.05, 3.63) is 88.4 Å². The summed E-state index contributed by atoms with van der Waals surface area (Å²) >= 11 is 0. The minimum absolute atomic E-state index is 0.605. The van der Waals surface area contributed by atoms with Crippen LogP contribution >= 0.6 is 0 Å². The van der Waals surface area contributed by atoms with Crippen molar-refractivity contribution < 1.29 is 0 Å². The Morgan fingerprint density at radius 1 is 0.903 bits per heavy atom. The molecule has 5 heteroatoms. The third kappa shape index (κ3) is 4.36. The smallest absolute Gasteiger partial charge is 0.252 e. The second-order valence-electron chi connectivity index (χ2n) is 7.87. The van der Waals surface area contributed by atoms with E-state index < -0.39 is 0 Å². The molecule has 0 bridgehead atoms. The first-order valence-electron chi connectivity index (χ1n) is 10.8. The van der Waals surface area contributed by atoms with Crippen molar-refractivity contribution in [1.29, 1.82) is 0 Å². The predicted octanol–water partition coefficient (Wildman–Crippen LogP) is 5.40. The molecule has 0 saturated heterocycles. The first-order valence-corrected chi connectivity index (χ1v) is 10.8. The van der Waals surface area contributed by atoms with E-state index in [0.717, 1.165) is 47.0 Å². The van der Waals surface area contributed by atoms with Gasteiger partial charge in [0.15, 0.2) is 0 Å². The lowest BCUT2D eigenvalue weighted by molar-refractivity contribution is 0.866. The highest BCUT2D eigenvalue weighted by Gasteiger charge is 2.21. The van der Waals surface area contributed by atoms with Crippen LogP contribution in [-0.4, -0.2) is 34.5 Å². The molecule has 1 aliphatic rings. The zero-order valence-electron chi connectivity index (χ0n) is 18.9. The summed E-state index contributed by atoms with van der Waals surface area (Å²) in [6, 6.07) is 19.1. The van der Waals surface area contributed by atoms with Crippen LogP contribution in [0, 0.1) is 20.8 Å². The van der Waals surface area contributed by atoms with Gasteiger partial charge in [-0.05, 0) is 70.5 Å². The van der Waals surface area contributed by atoms with Gasteiger partial charge < -0.3 is 4.90 Å². The van der Waals surface area contributed by atoms with Crippen LogP contribution in [0.15, 0.2) is 70.3 Å². The van der Waals surface area contributed by atoms with Crippen LogP contribution in [0.4, 0.5) is 5.69 Å². The molecule has 4 rings (SSSR count). The topological polar surface area (TPSA) is 45.8 Å². The van der Waals surface area contributed by atoms with Gasteiger partial charge in [0.25, 0.3) is 5.96 Å². The second-order valence-corrected chi connectivity index (χ2v) is 7.87. The maximum atomic E-state index is 4.88. The van der Waals surface area contributed by atoms with Crippen LogP contribution in [-0.2, 0) is 0 Å². The van der Waals surface area contributed by atoms with Gasteiger partial charge in [-0.15, -0.1) is 0 Å². The molecule has 0 unspecified atom stereocenters. The molecule has 2 aromatic carbocycles. The van der Waals surface area contributed by atoms with Gasteiger partial charge in [0, 0.05) is 30.0 Å². The molecule has 0 saturated carbocycles. The van der Waals surface area contributed by atoms with Crippen molar-refractivity contribution in [2.24, 2.45) is 9.98 Å². The Morgan fingerprint density at radius 2 is 1.65 bits per heavy atom. The molecule has 0 aliphatic carbocycles. The first-order chi connectivity index (χ1) is 15.0. The van der Waals surface area contributed by atoms with Gasteiger partial charge in [-0.3, -0.25) is 0 Å². The van der Waals surface area contributed by atoms with Gasteiger partial charge in [0.1, 0.15) is 5.71 Å². The Morgan fingerprint density at radius 3 is 2.26 bits per heavy atom. The highest BCUT2D eigenvalue weighted by Crippen LogP contribution is 2.23. The van der Waals surface area contributed by atoms with Gasteiger partial charge in [-0.2, -0.15) is 5.10 Å². The molecule has 0 radical (unpaired) electrons. The molecule has 3 aromatic rings. The molecule has 1 aromatic heterocycles. The summed E-state index contributed by atoms with van der Waals surface area (Å²) in [7, 11) is 0. The van der Waals surface area contributed by atoms with Crippen molar-refractivity contribution in [2.45, 2.75) is 34.6 Å². The minimum atomic E-state index is 0.605. The lowest BCUT2D eigenvalue weighted by atomic mass is 10.0. The summed E-state index contributed by atoms with van der Waals surface area (Å²) in [5.74, 6) is 0.605. The third-order valence-corrected chi connectivity index (χ3v) is 5.49. The van der Waals surface area contributed by atoms with Crippen molar-refractivity contribution in [1.82, 2.24) is 9.78 Å². The number of anilines is 1. The minimum Gasteiger partial charge on any atom is -0.372 e. The molecule has 5 nitrogen and oxygen atoms in total. The van der Waals surface area contributed by atoms with Crippen molar-refractivity contribution in [3.63, 3.8) is 0 Å². The summed E-state index contributed by atoms with van der Waals surface area (Å²) in [6.07, 6.45) is 2.10. The normalized spacial score (nSPS) is 14.7. The molecule has 2 heterocycles. The Kier molecular flexibility index (Phi) is 5.85. The van der Waals surface area contributed by atoms with E-state index in [2.05, 4.69) is 85.4 Å². The van der Waals surface area contributed by atoms with Crippen molar-refractivity contribution in [3.8, 4) is 0 Å². The lowest BCUT2D eigenvalue weighted by Crippen LogP contribution is -2.21. The molecule has 0 amide bonds. The molecule has 0 spiro atoms. The summed E-state index contributed by atoms with van der Waals surface area (Å²) in [5, 5.41) is 4.58. The lowest BCUT2D eigenvalue weighted by Gasteiger charge is -2.20. The van der Waals surface area contributed by atoms with Crippen LogP contribution in [0.25, 0.3) is 6.08 Å². The zero-order valence-corrected chi connectivity index (χ0v) is 18.9. The van der Waals surface area contributed by atoms with Gasteiger partial charge in [0.05, 0.1) is 11.4 Å². The van der Waals surface area contributed by atoms with Crippen LogP contribution in [0.3, 0.4) is 0 Å². The standard InChI is InChI=1S/C26H29N5/c1-6-30(7-2)23-13-11-21(12-14-23)17-24-25(22-10-8-9-18(3)15-22)28-26(27-24)31-20(5)16-19(4)29-31/h8-17H,6-7H2,1-5H3/b24-17-. The SMILES string of the molecule is CCN(CC)c1ccc(/C=C2\N=C(n3nc(C)cc3C)N=C2c2cccc(C)c2)cc1. The van der Waals surface area contributed by atoms with Crippen molar-refractivity contribution in [2.75, 3.05) is 18.0 Å². The second kappa shape index (κ2) is 8.72. The van der Waals surface area contributed by atoms with Crippen LogP contribution in [0.5, 0.6) is 0 Å². The Hall–Kier alpha value is -3.47. The molecule has 0 atom stereocenters. The molecule has 1 aliphatic heterocycles. The maximum absolute atomic E-state index is 4.88. The average Bonchev–Trinajstić information content (AvgIpc) is 3.32. The molecular weight excluding hydrogens is 382 g/mol. The number of aromatic nitrogens is 2. The van der Waals surface area contributed by atoms with Gasteiger partial charge in [-0.1, -0.05) is 35.9 Å². The predicted molar refractivity (Wildman–Crippen MR) is 130 cm³/mol. The van der Waals surface area contributed by atoms with E-state index in [0.29, 0.717) is 5.96 Å². The van der Waals surface area contributed by atoms with Gasteiger partial charge >= 0.3 is 0 Å². The highest BCUT2D eigenvalue weighted by atomic mass is 15.4. The van der Waals surface area contributed by atoms with Gasteiger partial charge in [0.2, 0.25) is 0 Å². The largest absolute Gasteiger partial charge is 0.372 e. The van der Waals surface area contributed by atoms with E-state index in [4.69, 9.17) is 9.98 Å². The number of benzene rings is 2. The quantitative estimate of drug-likeness (QED) is 0.564. The Bertz CT molecular complexity index is 1170. The first kappa shape index (κ1) is 20.8. The molecular formula is C26H29N5. The van der Waals surface area contributed by atoms with E-state index in [1.807, 2.05) is 24.6 Å². The monoisotopic (exact) mass is 411 g/mol. The van der Waals surface area contributed by atoms with E-state index in [1.165, 1.54) is 11.3 Å². The van der Waals surface area contributed by atoms with E-state index >= 15 is 0 Å². The number of aryl methyl sites for hydroxylation is 3. The summed E-state index contributed by atoms with van der Waals surface area (Å²) in [6.45, 7) is 12.5. The Labute approximate surface area is 184 Å². The van der Waals surface area contributed by atoms with E-state index in [-0.39, 0.29) is 0 Å². The zero-order chi connectivity index (χ0) is 22.0. The number of nitrogens with zero attached hydrogens (tertiary/aromatic N) is 5. The molecule has 0 N–H and O–H groups in total. The fourth-order valence-electron chi connectivity index (χ4n) is 3.90. The average molecular weight is 412 g/mol. The fourth-order valence-corrected chi connectivity index (χ4v) is 3.90. The number of hydrogen-bond acceptors (Lipinski definition) is 4. The van der Waals surface area contributed by atoms with E-state index in [9.17, 15) is 0 Å². The molecule has 158 valence electrons. The third-order valence-electron chi connectivity index (χ3n) is 5.49. The summed E-state index contributed by atoms with van der Waals surface area (Å²) < 4.78 is 1.81. The molecule has 31 heavy (non-hydrogen) atoms. The number of allylic oxidation sites excluding steroid dienone is 1. The maximum Gasteiger partial charge on any atom is 0.252 e. The van der Waals surface area contributed by atoms with Crippen LogP contribution < -0.4 is 4.90 Å². The number of rotatable bonds is 5. The van der Waals surface area contributed by atoms with Crippen LogP contribution in [0.2, 0.25) is 0 Å². The van der Waals surface area contributed by atoms with Crippen molar-refractivity contribution >= 4 is 23.4 Å². The van der Waals surface area contributed by atoms with E-state index in [1.54, 1.807) is 0 Å². The molecule has 0 fully saturated rings. The number of hydrogen-bond donors (Lipinski definition) is 0. The van der Waals surface area contributed by atoms with Crippen LogP contribution in [0.1, 0.15) is 41.9 Å². The summed E-state index contributed by atoms with van der Waals surface area (Å²) in [4.78, 5) is 12.1. The summed E-state index contributed by atoms with van der Waals surface area (Å²) in [5.41, 5.74) is 8.30.